The summed E-state index contributed by atoms with van der Waals surface area (Å²) in [5.41, 5.74) is 5.25. The number of carbonyl (C=O) groups excluding carboxylic acids is 3. The molecule has 23 heavy (non-hydrogen) atoms. The number of carbonyl (C=O) groups is 3. The first-order valence-electron chi connectivity index (χ1n) is 6.83. The fourth-order valence-corrected chi connectivity index (χ4v) is 3.15. The van der Waals surface area contributed by atoms with Crippen LogP contribution in [-0.2, 0) is 9.59 Å². The average molecular weight is 331 g/mol. The van der Waals surface area contributed by atoms with Crippen LogP contribution in [0.5, 0.6) is 0 Å². The normalized spacial score (nSPS) is 16.2. The molecule has 0 radical (unpaired) electrons. The second-order valence-corrected chi connectivity index (χ2v) is 6.02. The fourth-order valence-electron chi connectivity index (χ4n) is 2.04. The molecule has 1 aromatic carbocycles. The molecule has 118 valence electrons. The van der Waals surface area contributed by atoms with E-state index in [1.807, 2.05) is 18.2 Å². The average Bonchev–Trinajstić information content (AvgIpc) is 3.08. The fraction of sp³-hybridized carbons (Fsp3) is 0.133. The predicted molar refractivity (Wildman–Crippen MR) is 83.7 cm³/mol. The lowest BCUT2D eigenvalue weighted by atomic mass is 10.2. The summed E-state index contributed by atoms with van der Waals surface area (Å²) in [4.78, 5) is 36.4. The molecule has 0 spiro atoms. The van der Waals surface area contributed by atoms with Crippen molar-refractivity contribution in [3.63, 3.8) is 0 Å². The first kappa shape index (κ1) is 15.2. The lowest BCUT2D eigenvalue weighted by Crippen LogP contribution is -2.44. The molecule has 2 heterocycles. The third kappa shape index (κ3) is 3.54. The zero-order chi connectivity index (χ0) is 16.2. The molecule has 8 heteroatoms. The molecule has 1 aliphatic heterocycles. The van der Waals surface area contributed by atoms with Gasteiger partial charge in [0.2, 0.25) is 11.8 Å². The number of benzene rings is 1. The number of furan rings is 1. The van der Waals surface area contributed by atoms with Crippen molar-refractivity contribution in [2.75, 3.05) is 5.32 Å². The summed E-state index contributed by atoms with van der Waals surface area (Å²) in [7, 11) is 0. The molecular weight excluding hydrogens is 318 g/mol. The van der Waals surface area contributed by atoms with Crippen LogP contribution in [0.2, 0.25) is 0 Å². The number of hydrazine groups is 1. The van der Waals surface area contributed by atoms with E-state index in [0.717, 1.165) is 10.6 Å². The number of nitrogens with one attached hydrogen (secondary N) is 3. The highest BCUT2D eigenvalue weighted by Crippen LogP contribution is 2.36. The number of hydrogen-bond acceptors (Lipinski definition) is 5. The third-order valence-electron chi connectivity index (χ3n) is 3.14. The lowest BCUT2D eigenvalue weighted by molar-refractivity contribution is -0.124. The highest BCUT2D eigenvalue weighted by Gasteiger charge is 2.28. The van der Waals surface area contributed by atoms with Crippen LogP contribution in [-0.4, -0.2) is 23.0 Å². The maximum absolute atomic E-state index is 12.0. The van der Waals surface area contributed by atoms with Crippen LogP contribution in [0.25, 0.3) is 0 Å². The summed E-state index contributed by atoms with van der Waals surface area (Å²) in [5, 5.41) is 2.21. The molecule has 7 nitrogen and oxygen atoms in total. The van der Waals surface area contributed by atoms with Gasteiger partial charge >= 0.3 is 5.91 Å². The molecular formula is C15H13N3O4S. The number of rotatable bonds is 3. The van der Waals surface area contributed by atoms with E-state index in [1.54, 1.807) is 12.1 Å². The molecule has 0 bridgehead atoms. The van der Waals surface area contributed by atoms with Crippen molar-refractivity contribution in [2.45, 2.75) is 16.6 Å². The predicted octanol–water partition coefficient (Wildman–Crippen LogP) is 1.54. The highest BCUT2D eigenvalue weighted by atomic mass is 32.2. The van der Waals surface area contributed by atoms with Crippen LogP contribution in [0.15, 0.2) is 52.0 Å². The Morgan fingerprint density at radius 1 is 1.17 bits per heavy atom. The van der Waals surface area contributed by atoms with Gasteiger partial charge in [-0.15, -0.1) is 11.8 Å². The summed E-state index contributed by atoms with van der Waals surface area (Å²) < 4.78 is 4.90. The Kier molecular flexibility index (Phi) is 4.33. The zero-order valence-corrected chi connectivity index (χ0v) is 12.7. The van der Waals surface area contributed by atoms with Crippen LogP contribution < -0.4 is 16.2 Å². The van der Waals surface area contributed by atoms with E-state index < -0.39 is 17.1 Å². The van der Waals surface area contributed by atoms with E-state index in [4.69, 9.17) is 4.42 Å². The molecule has 0 aliphatic carbocycles. The minimum Gasteiger partial charge on any atom is -0.459 e. The molecule has 0 saturated heterocycles. The Morgan fingerprint density at radius 3 is 2.78 bits per heavy atom. The van der Waals surface area contributed by atoms with Crippen molar-refractivity contribution in [2.24, 2.45) is 0 Å². The van der Waals surface area contributed by atoms with Crippen molar-refractivity contribution in [1.82, 2.24) is 10.9 Å². The molecule has 0 saturated carbocycles. The Labute approximate surface area is 135 Å². The molecule has 1 aromatic heterocycles. The summed E-state index contributed by atoms with van der Waals surface area (Å²) >= 11 is 1.32. The van der Waals surface area contributed by atoms with E-state index in [9.17, 15) is 14.4 Å². The van der Waals surface area contributed by atoms with Crippen molar-refractivity contribution in [3.8, 4) is 0 Å². The number of anilines is 1. The molecule has 0 fully saturated rings. The van der Waals surface area contributed by atoms with Crippen molar-refractivity contribution in [3.05, 3.63) is 48.4 Å². The smallest absolute Gasteiger partial charge is 0.305 e. The summed E-state index contributed by atoms with van der Waals surface area (Å²) in [6, 6.07) is 10.4. The van der Waals surface area contributed by atoms with E-state index in [-0.39, 0.29) is 18.1 Å². The van der Waals surface area contributed by atoms with Gasteiger partial charge in [-0.1, -0.05) is 12.1 Å². The first-order valence-corrected chi connectivity index (χ1v) is 7.70. The maximum Gasteiger partial charge on any atom is 0.305 e. The van der Waals surface area contributed by atoms with Gasteiger partial charge in [0, 0.05) is 11.3 Å². The van der Waals surface area contributed by atoms with Crippen LogP contribution in [0.3, 0.4) is 0 Å². The highest BCUT2D eigenvalue weighted by molar-refractivity contribution is 8.01. The van der Waals surface area contributed by atoms with Gasteiger partial charge in [0.05, 0.1) is 17.2 Å². The van der Waals surface area contributed by atoms with Crippen LogP contribution in [0, 0.1) is 0 Å². The van der Waals surface area contributed by atoms with Gasteiger partial charge in [-0.25, -0.2) is 0 Å². The van der Waals surface area contributed by atoms with Gasteiger partial charge in [0.15, 0.2) is 5.76 Å². The molecule has 2 aromatic rings. The van der Waals surface area contributed by atoms with Gasteiger partial charge in [-0.2, -0.15) is 0 Å². The number of amides is 3. The Balaban J connectivity index is 1.54. The standard InChI is InChI=1S/C15H13N3O4S/c19-13(17-18-14(20)10-5-3-7-22-10)8-12-15(21)16-9-4-1-2-6-11(9)23-12/h1-7,12H,8H2,(H,16,21)(H,17,19)(H,18,20)/t12-/m1/s1. The van der Waals surface area contributed by atoms with E-state index >= 15 is 0 Å². The zero-order valence-electron chi connectivity index (χ0n) is 11.9. The van der Waals surface area contributed by atoms with Gasteiger partial charge in [0.25, 0.3) is 0 Å². The molecule has 0 unspecified atom stereocenters. The summed E-state index contributed by atoms with van der Waals surface area (Å²) in [6.45, 7) is 0. The molecule has 1 atom stereocenters. The molecule has 3 amide bonds. The second-order valence-electron chi connectivity index (χ2n) is 4.78. The Morgan fingerprint density at radius 2 is 2.00 bits per heavy atom. The quantitative estimate of drug-likeness (QED) is 0.741. The number of hydrogen-bond donors (Lipinski definition) is 3. The van der Waals surface area contributed by atoms with E-state index in [0.29, 0.717) is 0 Å². The lowest BCUT2D eigenvalue weighted by Gasteiger charge is -2.23. The van der Waals surface area contributed by atoms with Crippen molar-refractivity contribution in [1.29, 1.82) is 0 Å². The maximum atomic E-state index is 12.0. The van der Waals surface area contributed by atoms with Crippen molar-refractivity contribution < 1.29 is 18.8 Å². The third-order valence-corrected chi connectivity index (χ3v) is 4.41. The number of thioether (sulfide) groups is 1. The van der Waals surface area contributed by atoms with Crippen LogP contribution in [0.4, 0.5) is 5.69 Å². The second kappa shape index (κ2) is 6.57. The number of fused-ring (bicyclic) bond motifs is 1. The van der Waals surface area contributed by atoms with Gasteiger partial charge in [-0.05, 0) is 24.3 Å². The van der Waals surface area contributed by atoms with E-state index in [1.165, 1.54) is 24.1 Å². The Hall–Kier alpha value is -2.74. The SMILES string of the molecule is O=C(C[C@H]1Sc2ccccc2NC1=O)NNC(=O)c1ccco1. The monoisotopic (exact) mass is 331 g/mol. The van der Waals surface area contributed by atoms with Gasteiger partial charge < -0.3 is 9.73 Å². The Bertz CT molecular complexity index is 745. The topological polar surface area (TPSA) is 100 Å². The van der Waals surface area contributed by atoms with Gasteiger partial charge in [-0.3, -0.25) is 25.2 Å². The minimum atomic E-state index is -0.561. The number of para-hydroxylation sites is 1. The van der Waals surface area contributed by atoms with Gasteiger partial charge in [0.1, 0.15) is 0 Å². The molecule has 3 rings (SSSR count). The van der Waals surface area contributed by atoms with E-state index in [2.05, 4.69) is 16.2 Å². The molecule has 3 N–H and O–H groups in total. The molecule has 1 aliphatic rings. The first-order chi connectivity index (χ1) is 11.1. The van der Waals surface area contributed by atoms with Crippen molar-refractivity contribution >= 4 is 35.2 Å². The largest absolute Gasteiger partial charge is 0.459 e. The van der Waals surface area contributed by atoms with Crippen LogP contribution in [0.1, 0.15) is 17.0 Å². The summed E-state index contributed by atoms with van der Waals surface area (Å²) in [6.07, 6.45) is 1.31. The minimum absolute atomic E-state index is 0.0523. The van der Waals surface area contributed by atoms with Crippen LogP contribution >= 0.6 is 11.8 Å². The summed E-state index contributed by atoms with van der Waals surface area (Å²) in [5.74, 6) is -1.17.